The second kappa shape index (κ2) is 10.4. The van der Waals surface area contributed by atoms with Gasteiger partial charge in [0.05, 0.1) is 23.8 Å². The lowest BCUT2D eigenvalue weighted by atomic mass is 9.95. The van der Waals surface area contributed by atoms with Gasteiger partial charge in [0.25, 0.3) is 5.91 Å². The van der Waals surface area contributed by atoms with E-state index in [9.17, 15) is 14.9 Å². The van der Waals surface area contributed by atoms with Crippen molar-refractivity contribution in [1.82, 2.24) is 0 Å². The molecule has 1 aromatic carbocycles. The molecule has 1 aliphatic rings. The minimum Gasteiger partial charge on any atom is -0.495 e. The highest BCUT2D eigenvalue weighted by Crippen LogP contribution is 2.39. The number of fused-ring (bicyclic) bond motifs is 1. The number of hydrogen-bond acceptors (Lipinski definition) is 6. The number of nitriles is 1. The van der Waals surface area contributed by atoms with E-state index in [1.807, 2.05) is 12.1 Å². The number of thiophene rings is 1. The Morgan fingerprint density at radius 1 is 1.29 bits per heavy atom. The zero-order valence-electron chi connectivity index (χ0n) is 17.0. The summed E-state index contributed by atoms with van der Waals surface area (Å²) in [5, 5.41) is 12.8. The number of amides is 1. The molecule has 1 N–H and O–H groups in total. The molecule has 1 amide bonds. The number of benzene rings is 1. The minimum atomic E-state index is -0.593. The average molecular weight is 568 g/mol. The topological polar surface area (TPSA) is 88.4 Å². The van der Waals surface area contributed by atoms with Gasteiger partial charge in [-0.2, -0.15) is 5.26 Å². The molecular weight excluding hydrogens is 548 g/mol. The lowest BCUT2D eigenvalue weighted by Crippen LogP contribution is -2.16. The van der Waals surface area contributed by atoms with Crippen LogP contribution < -0.4 is 10.1 Å². The molecular formula is C22H20Br2N2O4S. The predicted molar refractivity (Wildman–Crippen MR) is 128 cm³/mol. The number of anilines is 1. The van der Waals surface area contributed by atoms with Crippen molar-refractivity contribution in [2.45, 2.75) is 32.6 Å². The summed E-state index contributed by atoms with van der Waals surface area (Å²) in [4.78, 5) is 26.6. The van der Waals surface area contributed by atoms with E-state index in [0.717, 1.165) is 40.6 Å². The molecule has 0 radical (unpaired) electrons. The van der Waals surface area contributed by atoms with Crippen molar-refractivity contribution < 1.29 is 19.1 Å². The second-order valence-corrected chi connectivity index (χ2v) is 9.64. The van der Waals surface area contributed by atoms with Gasteiger partial charge in [0, 0.05) is 14.9 Å². The Balaban J connectivity index is 1.97. The van der Waals surface area contributed by atoms with E-state index >= 15 is 0 Å². The lowest BCUT2D eigenvalue weighted by Gasteiger charge is -2.12. The number of halogens is 2. The van der Waals surface area contributed by atoms with Crippen LogP contribution in [0.15, 0.2) is 26.7 Å². The van der Waals surface area contributed by atoms with Crippen molar-refractivity contribution >= 4 is 66.2 Å². The van der Waals surface area contributed by atoms with Gasteiger partial charge in [-0.15, -0.1) is 11.3 Å². The number of esters is 1. The number of methoxy groups -OCH3 is 1. The van der Waals surface area contributed by atoms with Crippen LogP contribution in [-0.2, 0) is 22.4 Å². The quantitative estimate of drug-likeness (QED) is 0.267. The van der Waals surface area contributed by atoms with Gasteiger partial charge in [0.2, 0.25) is 0 Å². The fourth-order valence-corrected chi connectivity index (χ4v) is 6.14. The van der Waals surface area contributed by atoms with Crippen molar-refractivity contribution in [3.05, 3.63) is 48.2 Å². The van der Waals surface area contributed by atoms with E-state index in [0.29, 0.717) is 26.4 Å². The molecule has 0 saturated heterocycles. The van der Waals surface area contributed by atoms with Gasteiger partial charge in [0.1, 0.15) is 22.4 Å². The normalized spacial score (nSPS) is 13.2. The summed E-state index contributed by atoms with van der Waals surface area (Å²) < 4.78 is 12.1. The first kappa shape index (κ1) is 23.5. The largest absolute Gasteiger partial charge is 0.495 e. The molecule has 1 heterocycles. The Kier molecular flexibility index (Phi) is 7.92. The monoisotopic (exact) mass is 566 g/mol. The fraction of sp³-hybridized carbons (Fsp3) is 0.318. The molecule has 0 saturated carbocycles. The molecule has 3 rings (SSSR count). The Labute approximate surface area is 201 Å². The number of ether oxygens (including phenoxy) is 2. The Morgan fingerprint density at radius 2 is 2.03 bits per heavy atom. The van der Waals surface area contributed by atoms with Crippen LogP contribution in [0.4, 0.5) is 5.00 Å². The van der Waals surface area contributed by atoms with Crippen LogP contribution >= 0.6 is 43.2 Å². The third kappa shape index (κ3) is 5.20. The van der Waals surface area contributed by atoms with Gasteiger partial charge < -0.3 is 14.8 Å². The van der Waals surface area contributed by atoms with Crippen LogP contribution in [-0.4, -0.2) is 25.6 Å². The van der Waals surface area contributed by atoms with Crippen LogP contribution in [0.3, 0.4) is 0 Å². The minimum absolute atomic E-state index is 0.107. The van der Waals surface area contributed by atoms with Gasteiger partial charge in [-0.3, -0.25) is 4.79 Å². The molecule has 1 aliphatic carbocycles. The van der Waals surface area contributed by atoms with E-state index < -0.39 is 11.9 Å². The standard InChI is InChI=1S/C22H20Br2N2O4S/c1-3-30-22(28)18-15-6-4-5-7-17(15)31-21(18)26-20(27)13(11-25)8-12-9-14(23)10-16(24)19(12)29-2/h8-10H,3-7H2,1-2H3,(H,26,27). The summed E-state index contributed by atoms with van der Waals surface area (Å²) in [5.74, 6) is -0.537. The molecule has 6 nitrogen and oxygen atoms in total. The zero-order valence-corrected chi connectivity index (χ0v) is 21.0. The highest BCUT2D eigenvalue weighted by molar-refractivity contribution is 9.11. The van der Waals surface area contributed by atoms with Crippen molar-refractivity contribution in [2.75, 3.05) is 19.0 Å². The Bertz CT molecular complexity index is 1100. The molecule has 0 unspecified atom stereocenters. The number of hydrogen-bond donors (Lipinski definition) is 1. The molecule has 0 bridgehead atoms. The number of carbonyl (C=O) groups is 2. The first-order chi connectivity index (χ1) is 14.9. The van der Waals surface area contributed by atoms with Crippen molar-refractivity contribution in [2.24, 2.45) is 0 Å². The predicted octanol–water partition coefficient (Wildman–Crippen LogP) is 5.88. The molecule has 31 heavy (non-hydrogen) atoms. The summed E-state index contributed by atoms with van der Waals surface area (Å²) in [6.45, 7) is 1.99. The molecule has 0 fully saturated rings. The summed E-state index contributed by atoms with van der Waals surface area (Å²) in [6, 6.07) is 5.51. The molecule has 0 atom stereocenters. The van der Waals surface area contributed by atoms with Crippen molar-refractivity contribution in [1.29, 1.82) is 5.26 Å². The molecule has 0 aliphatic heterocycles. The fourth-order valence-electron chi connectivity index (χ4n) is 3.45. The van der Waals surface area contributed by atoms with Crippen LogP contribution in [0, 0.1) is 11.3 Å². The summed E-state index contributed by atoms with van der Waals surface area (Å²) >= 11 is 8.20. The van der Waals surface area contributed by atoms with E-state index in [1.165, 1.54) is 24.5 Å². The average Bonchev–Trinajstić information content (AvgIpc) is 3.09. The van der Waals surface area contributed by atoms with E-state index in [2.05, 4.69) is 37.2 Å². The van der Waals surface area contributed by atoms with Crippen LogP contribution in [0.2, 0.25) is 0 Å². The first-order valence-corrected chi connectivity index (χ1v) is 12.1. The smallest absolute Gasteiger partial charge is 0.341 e. The van der Waals surface area contributed by atoms with Crippen LogP contribution in [0.25, 0.3) is 6.08 Å². The summed E-state index contributed by atoms with van der Waals surface area (Å²) in [5.41, 5.74) is 1.82. The second-order valence-electron chi connectivity index (χ2n) is 6.77. The first-order valence-electron chi connectivity index (χ1n) is 9.67. The lowest BCUT2D eigenvalue weighted by molar-refractivity contribution is -0.112. The maximum Gasteiger partial charge on any atom is 0.341 e. The van der Waals surface area contributed by atoms with Crippen LogP contribution in [0.5, 0.6) is 5.75 Å². The highest BCUT2D eigenvalue weighted by atomic mass is 79.9. The Morgan fingerprint density at radius 3 is 2.71 bits per heavy atom. The number of rotatable bonds is 6. The van der Waals surface area contributed by atoms with E-state index in [1.54, 1.807) is 13.0 Å². The molecule has 1 aromatic heterocycles. The van der Waals surface area contributed by atoms with Gasteiger partial charge in [-0.05, 0) is 72.3 Å². The van der Waals surface area contributed by atoms with Crippen LogP contribution in [0.1, 0.15) is 46.1 Å². The third-order valence-electron chi connectivity index (χ3n) is 4.78. The maximum absolute atomic E-state index is 13.0. The van der Waals surface area contributed by atoms with Gasteiger partial charge >= 0.3 is 5.97 Å². The summed E-state index contributed by atoms with van der Waals surface area (Å²) in [6.07, 6.45) is 5.14. The molecule has 0 spiro atoms. The van der Waals surface area contributed by atoms with Crippen molar-refractivity contribution in [3.63, 3.8) is 0 Å². The SMILES string of the molecule is CCOC(=O)c1c(NC(=O)C(C#N)=Cc2cc(Br)cc(Br)c2OC)sc2c1CCCC2. The molecule has 9 heteroatoms. The molecule has 162 valence electrons. The third-order valence-corrected chi connectivity index (χ3v) is 7.04. The van der Waals surface area contributed by atoms with E-state index in [4.69, 9.17) is 9.47 Å². The number of nitrogens with one attached hydrogen (secondary N) is 1. The zero-order chi connectivity index (χ0) is 22.5. The van der Waals surface area contributed by atoms with Gasteiger partial charge in [-0.1, -0.05) is 15.9 Å². The Hall–Kier alpha value is -2.15. The van der Waals surface area contributed by atoms with Gasteiger partial charge in [0.15, 0.2) is 0 Å². The molecule has 2 aromatic rings. The number of carbonyl (C=O) groups excluding carboxylic acids is 2. The highest BCUT2D eigenvalue weighted by Gasteiger charge is 2.28. The number of aryl methyl sites for hydroxylation is 1. The van der Waals surface area contributed by atoms with Crippen molar-refractivity contribution in [3.8, 4) is 11.8 Å². The van der Waals surface area contributed by atoms with E-state index in [-0.39, 0.29) is 12.2 Å². The maximum atomic E-state index is 13.0. The summed E-state index contributed by atoms with van der Waals surface area (Å²) in [7, 11) is 1.51. The van der Waals surface area contributed by atoms with Gasteiger partial charge in [-0.25, -0.2) is 4.79 Å². The number of nitrogens with zero attached hydrogens (tertiary/aromatic N) is 1.